The number of hydrogen-bond donors (Lipinski definition) is 1. The number of nitrogens with one attached hydrogen (secondary N) is 1. The first kappa shape index (κ1) is 15.4. The molecule has 2 aromatic rings. The lowest BCUT2D eigenvalue weighted by Crippen LogP contribution is -2.20. The minimum Gasteiger partial charge on any atom is -0.497 e. The number of anilines is 1. The van der Waals surface area contributed by atoms with E-state index < -0.39 is 0 Å². The summed E-state index contributed by atoms with van der Waals surface area (Å²) in [4.78, 5) is 6.42. The molecule has 1 N–H and O–H groups in total. The van der Waals surface area contributed by atoms with E-state index in [4.69, 9.17) is 4.74 Å². The Bertz CT molecular complexity index is 560. The van der Waals surface area contributed by atoms with Gasteiger partial charge >= 0.3 is 0 Å². The molecule has 0 radical (unpaired) electrons. The summed E-state index contributed by atoms with van der Waals surface area (Å²) >= 11 is 0. The molecule has 0 atom stereocenters. The van der Waals surface area contributed by atoms with Crippen molar-refractivity contribution in [3.63, 3.8) is 0 Å². The molecule has 1 aromatic carbocycles. The van der Waals surface area contributed by atoms with Crippen molar-refractivity contribution in [1.82, 2.24) is 14.9 Å². The second-order valence-electron chi connectivity index (χ2n) is 5.28. The number of rotatable bonds is 7. The maximum absolute atomic E-state index is 5.16. The van der Waals surface area contributed by atoms with E-state index in [0.29, 0.717) is 0 Å². The first-order valence-corrected chi connectivity index (χ1v) is 7.13. The second-order valence-corrected chi connectivity index (χ2v) is 5.28. The van der Waals surface area contributed by atoms with Gasteiger partial charge in [0.15, 0.2) is 0 Å². The summed E-state index contributed by atoms with van der Waals surface area (Å²) in [5.41, 5.74) is 2.50. The maximum atomic E-state index is 5.16. The van der Waals surface area contributed by atoms with Crippen molar-refractivity contribution in [3.8, 4) is 5.75 Å². The molecule has 0 unspecified atom stereocenters. The summed E-state index contributed by atoms with van der Waals surface area (Å²) in [6.07, 6.45) is 2.93. The van der Waals surface area contributed by atoms with Crippen molar-refractivity contribution in [3.05, 3.63) is 41.7 Å². The summed E-state index contributed by atoms with van der Waals surface area (Å²) in [6.45, 7) is 1.77. The molecule has 21 heavy (non-hydrogen) atoms. The minimum absolute atomic E-state index is 0.827. The van der Waals surface area contributed by atoms with Crippen LogP contribution in [0.15, 0.2) is 30.5 Å². The van der Waals surface area contributed by atoms with Crippen LogP contribution in [0.4, 0.5) is 5.95 Å². The van der Waals surface area contributed by atoms with Gasteiger partial charge in [0.1, 0.15) is 5.75 Å². The topological polar surface area (TPSA) is 42.3 Å². The van der Waals surface area contributed by atoms with Crippen LogP contribution in [-0.2, 0) is 20.0 Å². The van der Waals surface area contributed by atoms with E-state index in [9.17, 15) is 0 Å². The van der Waals surface area contributed by atoms with Crippen molar-refractivity contribution >= 4 is 5.95 Å². The minimum atomic E-state index is 0.827. The molecule has 114 valence electrons. The highest BCUT2D eigenvalue weighted by molar-refractivity contribution is 5.31. The number of imidazole rings is 1. The number of ether oxygens (including phenoxy) is 1. The van der Waals surface area contributed by atoms with Gasteiger partial charge in [0, 0.05) is 27.7 Å². The van der Waals surface area contributed by atoms with Crippen LogP contribution < -0.4 is 15.0 Å². The second kappa shape index (κ2) is 7.13. The Labute approximate surface area is 126 Å². The largest absolute Gasteiger partial charge is 0.497 e. The number of aromatic nitrogens is 2. The standard InChI is InChI=1S/C16H24N4O/c1-19(2)16-18-12-14(20(16)3)11-17-10-9-13-5-7-15(21-4)8-6-13/h5-8,12,17H,9-11H2,1-4H3. The number of nitrogens with zero attached hydrogens (tertiary/aromatic N) is 3. The maximum Gasteiger partial charge on any atom is 0.204 e. The van der Waals surface area contributed by atoms with E-state index in [-0.39, 0.29) is 0 Å². The van der Waals surface area contributed by atoms with Crippen molar-refractivity contribution in [2.24, 2.45) is 7.05 Å². The van der Waals surface area contributed by atoms with Gasteiger partial charge in [-0.15, -0.1) is 0 Å². The summed E-state index contributed by atoms with van der Waals surface area (Å²) in [5, 5.41) is 3.46. The zero-order valence-electron chi connectivity index (χ0n) is 13.3. The van der Waals surface area contributed by atoms with Gasteiger partial charge in [-0.25, -0.2) is 4.98 Å². The smallest absolute Gasteiger partial charge is 0.204 e. The molecule has 1 aromatic heterocycles. The van der Waals surface area contributed by atoms with Crippen molar-refractivity contribution in [2.75, 3.05) is 32.6 Å². The fourth-order valence-electron chi connectivity index (χ4n) is 2.25. The van der Waals surface area contributed by atoms with Crippen LogP contribution in [0.3, 0.4) is 0 Å². The van der Waals surface area contributed by atoms with Crippen LogP contribution >= 0.6 is 0 Å². The van der Waals surface area contributed by atoms with Gasteiger partial charge in [0.25, 0.3) is 0 Å². The van der Waals surface area contributed by atoms with Crippen LogP contribution in [0.2, 0.25) is 0 Å². The Morgan fingerprint density at radius 2 is 1.95 bits per heavy atom. The van der Waals surface area contributed by atoms with Crippen molar-refractivity contribution < 1.29 is 4.74 Å². The van der Waals surface area contributed by atoms with Gasteiger partial charge in [-0.2, -0.15) is 0 Å². The monoisotopic (exact) mass is 288 g/mol. The zero-order valence-corrected chi connectivity index (χ0v) is 13.3. The molecule has 5 nitrogen and oxygen atoms in total. The molecule has 0 spiro atoms. The van der Waals surface area contributed by atoms with Crippen LogP contribution in [0, 0.1) is 0 Å². The highest BCUT2D eigenvalue weighted by Crippen LogP contribution is 2.12. The van der Waals surface area contributed by atoms with Crippen molar-refractivity contribution in [1.29, 1.82) is 0 Å². The Morgan fingerprint density at radius 1 is 1.24 bits per heavy atom. The zero-order chi connectivity index (χ0) is 15.2. The lowest BCUT2D eigenvalue weighted by Gasteiger charge is -2.13. The summed E-state index contributed by atoms with van der Waals surface area (Å²) in [6, 6.07) is 8.21. The average Bonchev–Trinajstić information content (AvgIpc) is 2.85. The third-order valence-electron chi connectivity index (χ3n) is 3.52. The van der Waals surface area contributed by atoms with Crippen molar-refractivity contribution in [2.45, 2.75) is 13.0 Å². The summed E-state index contributed by atoms with van der Waals surface area (Å²) in [7, 11) is 7.74. The number of methoxy groups -OCH3 is 1. The Balaban J connectivity index is 1.79. The van der Waals surface area contributed by atoms with Gasteiger partial charge in [-0.1, -0.05) is 12.1 Å². The third-order valence-corrected chi connectivity index (χ3v) is 3.52. The van der Waals surface area contributed by atoms with E-state index in [2.05, 4.69) is 27.0 Å². The molecule has 1 heterocycles. The Morgan fingerprint density at radius 3 is 2.52 bits per heavy atom. The van der Waals surface area contributed by atoms with E-state index in [1.54, 1.807) is 7.11 Å². The molecule has 0 aliphatic heterocycles. The Hall–Kier alpha value is -2.01. The molecule has 0 aliphatic rings. The predicted molar refractivity (Wildman–Crippen MR) is 85.9 cm³/mol. The van der Waals surface area contributed by atoms with E-state index >= 15 is 0 Å². The quantitative estimate of drug-likeness (QED) is 0.789. The summed E-state index contributed by atoms with van der Waals surface area (Å²) < 4.78 is 7.27. The number of benzene rings is 1. The van der Waals surface area contributed by atoms with Crippen LogP contribution in [0.5, 0.6) is 5.75 Å². The molecule has 5 heteroatoms. The molecular formula is C16H24N4O. The molecule has 0 saturated carbocycles. The molecule has 0 bridgehead atoms. The molecule has 0 saturated heterocycles. The van der Waals surface area contributed by atoms with E-state index in [1.165, 1.54) is 11.3 Å². The van der Waals surface area contributed by atoms with Crippen LogP contribution in [0.1, 0.15) is 11.3 Å². The summed E-state index contributed by atoms with van der Waals surface area (Å²) in [5.74, 6) is 1.87. The highest BCUT2D eigenvalue weighted by atomic mass is 16.5. The normalized spacial score (nSPS) is 10.7. The first-order valence-electron chi connectivity index (χ1n) is 7.13. The van der Waals surface area contributed by atoms with Gasteiger partial charge in [0.2, 0.25) is 5.95 Å². The lowest BCUT2D eigenvalue weighted by atomic mass is 10.1. The number of hydrogen-bond acceptors (Lipinski definition) is 4. The van der Waals surface area contributed by atoms with Gasteiger partial charge in [-0.05, 0) is 30.7 Å². The van der Waals surface area contributed by atoms with Gasteiger partial charge < -0.3 is 19.5 Å². The fourth-order valence-corrected chi connectivity index (χ4v) is 2.25. The third kappa shape index (κ3) is 3.98. The molecule has 0 fully saturated rings. The van der Waals surface area contributed by atoms with Gasteiger partial charge in [-0.3, -0.25) is 0 Å². The fraction of sp³-hybridized carbons (Fsp3) is 0.438. The SMILES string of the molecule is COc1ccc(CCNCc2cnc(N(C)C)n2C)cc1. The van der Waals surface area contributed by atoms with Crippen LogP contribution in [0.25, 0.3) is 0 Å². The predicted octanol–water partition coefficient (Wildman–Crippen LogP) is 1.83. The van der Waals surface area contributed by atoms with E-state index in [0.717, 1.165) is 31.2 Å². The van der Waals surface area contributed by atoms with Gasteiger partial charge in [0.05, 0.1) is 19.0 Å². The lowest BCUT2D eigenvalue weighted by molar-refractivity contribution is 0.414. The van der Waals surface area contributed by atoms with Crippen LogP contribution in [-0.4, -0.2) is 37.3 Å². The van der Waals surface area contributed by atoms with E-state index in [1.807, 2.05) is 44.4 Å². The first-order chi connectivity index (χ1) is 10.1. The Kier molecular flexibility index (Phi) is 5.22. The average molecular weight is 288 g/mol. The molecule has 2 rings (SSSR count). The molecular weight excluding hydrogens is 264 g/mol. The molecule has 0 aliphatic carbocycles. The highest BCUT2D eigenvalue weighted by Gasteiger charge is 2.07. The molecule has 0 amide bonds.